The van der Waals surface area contributed by atoms with Crippen LogP contribution in [0, 0.1) is 6.92 Å². The summed E-state index contributed by atoms with van der Waals surface area (Å²) in [5.74, 6) is -1.30. The van der Waals surface area contributed by atoms with Gasteiger partial charge in [0.15, 0.2) is 0 Å². The Morgan fingerprint density at radius 3 is 2.06 bits per heavy atom. The summed E-state index contributed by atoms with van der Waals surface area (Å²) in [6.07, 6.45) is 2.84. The lowest BCUT2D eigenvalue weighted by atomic mass is 9.88. The molecule has 3 N–H and O–H groups in total. The molecule has 13 heteroatoms. The van der Waals surface area contributed by atoms with Crippen LogP contribution in [0.1, 0.15) is 97.8 Å². The number of nitrogens with zero attached hydrogens (tertiary/aromatic N) is 1. The minimum absolute atomic E-state index is 0.00785. The molecule has 1 fully saturated rings. The largest absolute Gasteiger partial charge is 0.491 e. The molecule has 12 nitrogen and oxygen atoms in total. The molecule has 1 heterocycles. The molecule has 2 aromatic carbocycles. The number of aryl methyl sites for hydroxylation is 2. The van der Waals surface area contributed by atoms with E-state index >= 15 is 0 Å². The van der Waals surface area contributed by atoms with Crippen LogP contribution in [-0.4, -0.2) is 82.9 Å². The minimum Gasteiger partial charge on any atom is -0.491 e. The average Bonchev–Trinajstić information content (AvgIpc) is 3.06. The fourth-order valence-corrected chi connectivity index (χ4v) is 5.52. The lowest BCUT2D eigenvalue weighted by Crippen LogP contribution is -2.63. The summed E-state index contributed by atoms with van der Waals surface area (Å²) < 4.78 is 17.1. The zero-order chi connectivity index (χ0) is 40.0. The molecule has 0 spiro atoms. The Hall–Kier alpha value is -4.26. The van der Waals surface area contributed by atoms with E-state index in [9.17, 15) is 24.0 Å². The number of amides is 4. The Morgan fingerprint density at radius 2 is 1.49 bits per heavy atom. The van der Waals surface area contributed by atoms with Crippen molar-refractivity contribution in [3.05, 3.63) is 65.2 Å². The zero-order valence-corrected chi connectivity index (χ0v) is 34.0. The molecule has 0 radical (unpaired) electrons. The number of nitrogens with one attached hydrogen (secondary N) is 3. The first-order valence-electron chi connectivity index (χ1n) is 18.0. The highest BCUT2D eigenvalue weighted by atomic mass is 32.1. The topological polar surface area (TPSA) is 152 Å². The third-order valence-corrected chi connectivity index (χ3v) is 8.41. The molecule has 1 saturated heterocycles. The van der Waals surface area contributed by atoms with E-state index < -0.39 is 52.5 Å². The molecule has 53 heavy (non-hydrogen) atoms. The van der Waals surface area contributed by atoms with Crippen molar-refractivity contribution in [2.24, 2.45) is 0 Å². The Morgan fingerprint density at radius 1 is 0.868 bits per heavy atom. The SMILES string of the molecule is CC(=O)N[C@@H](CCC(=O)OC(C)(C)C)C(=O)NC(CCc1ccccc1)C(=O)NCc1cc(OCC2(C)CCN2C(=O)OC(C)(C)C)ccc1C.CS. The fraction of sp³-hybridized carbons (Fsp3) is 0.575. The summed E-state index contributed by atoms with van der Waals surface area (Å²) in [5, 5.41) is 8.39. The van der Waals surface area contributed by atoms with Gasteiger partial charge in [-0.2, -0.15) is 12.6 Å². The lowest BCUT2D eigenvalue weighted by Gasteiger charge is -2.49. The number of hydrogen-bond acceptors (Lipinski definition) is 9. The molecule has 0 aromatic heterocycles. The Kier molecular flexibility index (Phi) is 17.2. The van der Waals surface area contributed by atoms with Gasteiger partial charge in [-0.1, -0.05) is 36.4 Å². The lowest BCUT2D eigenvalue weighted by molar-refractivity contribution is -0.155. The number of carbonyl (C=O) groups excluding carboxylic acids is 5. The van der Waals surface area contributed by atoms with Crippen LogP contribution in [0.2, 0.25) is 0 Å². The molecular weight excluding hydrogens is 697 g/mol. The van der Waals surface area contributed by atoms with Gasteiger partial charge in [0.1, 0.15) is 35.6 Å². The molecular formula is C40H60N4O8S. The molecule has 4 amide bonds. The van der Waals surface area contributed by atoms with Gasteiger partial charge in [0, 0.05) is 26.4 Å². The van der Waals surface area contributed by atoms with Gasteiger partial charge < -0.3 is 30.2 Å². The van der Waals surface area contributed by atoms with E-state index in [1.165, 1.54) is 6.92 Å². The Labute approximate surface area is 320 Å². The number of rotatable bonds is 15. The van der Waals surface area contributed by atoms with Gasteiger partial charge >= 0.3 is 12.1 Å². The summed E-state index contributed by atoms with van der Waals surface area (Å²) in [6.45, 7) is 17.0. The third-order valence-electron chi connectivity index (χ3n) is 8.41. The van der Waals surface area contributed by atoms with Crippen LogP contribution in [0.25, 0.3) is 0 Å². The number of thiol groups is 1. The van der Waals surface area contributed by atoms with Gasteiger partial charge in [-0.05, 0) is 116 Å². The van der Waals surface area contributed by atoms with E-state index in [2.05, 4.69) is 28.6 Å². The van der Waals surface area contributed by atoms with E-state index in [4.69, 9.17) is 14.2 Å². The Balaban J connectivity index is 0.00000477. The van der Waals surface area contributed by atoms with E-state index in [0.29, 0.717) is 25.1 Å². The average molecular weight is 757 g/mol. The molecule has 1 aliphatic rings. The molecule has 0 bridgehead atoms. The molecule has 0 aliphatic carbocycles. The van der Waals surface area contributed by atoms with E-state index in [-0.39, 0.29) is 32.1 Å². The normalized spacial score (nSPS) is 16.4. The zero-order valence-electron chi connectivity index (χ0n) is 33.1. The van der Waals surface area contributed by atoms with Crippen LogP contribution in [0.3, 0.4) is 0 Å². The number of benzene rings is 2. The minimum atomic E-state index is -1.04. The maximum Gasteiger partial charge on any atom is 0.410 e. The van der Waals surface area contributed by atoms with E-state index in [0.717, 1.165) is 23.1 Å². The van der Waals surface area contributed by atoms with Crippen molar-refractivity contribution in [3.63, 3.8) is 0 Å². The smallest absolute Gasteiger partial charge is 0.410 e. The number of likely N-dealkylation sites (tertiary alicyclic amines) is 1. The molecule has 294 valence electrons. The quantitative estimate of drug-likeness (QED) is 0.134. The maximum atomic E-state index is 13.7. The van der Waals surface area contributed by atoms with E-state index in [1.807, 2.05) is 83.1 Å². The maximum absolute atomic E-state index is 13.7. The first-order valence-corrected chi connectivity index (χ1v) is 18.9. The molecule has 2 unspecified atom stereocenters. The van der Waals surface area contributed by atoms with Gasteiger partial charge in [0.25, 0.3) is 0 Å². The van der Waals surface area contributed by atoms with Crippen LogP contribution in [0.15, 0.2) is 48.5 Å². The highest BCUT2D eigenvalue weighted by molar-refractivity contribution is 7.79. The number of carbonyl (C=O) groups is 5. The van der Waals surface area contributed by atoms with Crippen molar-refractivity contribution in [1.82, 2.24) is 20.9 Å². The summed E-state index contributed by atoms with van der Waals surface area (Å²) in [7, 11) is 0. The van der Waals surface area contributed by atoms with Crippen molar-refractivity contribution in [2.75, 3.05) is 19.4 Å². The summed E-state index contributed by atoms with van der Waals surface area (Å²) in [6, 6.07) is 13.3. The first-order chi connectivity index (χ1) is 24.7. The highest BCUT2D eigenvalue weighted by Crippen LogP contribution is 2.33. The van der Waals surface area contributed by atoms with Gasteiger partial charge in [0.2, 0.25) is 17.7 Å². The summed E-state index contributed by atoms with van der Waals surface area (Å²) in [4.78, 5) is 65.9. The van der Waals surface area contributed by atoms with Crippen molar-refractivity contribution in [1.29, 1.82) is 0 Å². The number of esters is 1. The van der Waals surface area contributed by atoms with Crippen LogP contribution in [0.4, 0.5) is 4.79 Å². The van der Waals surface area contributed by atoms with Crippen molar-refractivity contribution in [2.45, 2.75) is 130 Å². The second kappa shape index (κ2) is 20.3. The predicted octanol–water partition coefficient (Wildman–Crippen LogP) is 5.68. The third kappa shape index (κ3) is 15.7. The van der Waals surface area contributed by atoms with Crippen LogP contribution >= 0.6 is 12.6 Å². The summed E-state index contributed by atoms with van der Waals surface area (Å²) >= 11 is 3.53. The molecule has 1 aliphatic heterocycles. The van der Waals surface area contributed by atoms with Gasteiger partial charge in [0.05, 0.1) is 5.54 Å². The fourth-order valence-electron chi connectivity index (χ4n) is 5.52. The standard InChI is InChI=1S/C39H56N4O8.CH4S/c1-26-15-17-30(49-25-39(9)21-22-43(39)36(48)51-38(6,7)8)23-29(26)24-40-34(46)31(18-16-28-13-11-10-12-14-28)42-35(47)32(41-27(2)44)19-20-33(45)50-37(3,4)5;1-2/h10-15,17,23,31-32H,16,18-22,24-25H2,1-9H3,(H,40,46)(H,41,44)(H,42,47);2H,1H3/t31?,32-,39?;/m0./s1. The van der Waals surface area contributed by atoms with Crippen molar-refractivity contribution < 1.29 is 38.2 Å². The Bertz CT molecular complexity index is 1540. The summed E-state index contributed by atoms with van der Waals surface area (Å²) in [5.41, 5.74) is 0.969. The first kappa shape index (κ1) is 44.9. The van der Waals surface area contributed by atoms with Gasteiger partial charge in [-0.3, -0.25) is 24.1 Å². The molecule has 0 saturated carbocycles. The van der Waals surface area contributed by atoms with Crippen LogP contribution < -0.4 is 20.7 Å². The van der Waals surface area contributed by atoms with Crippen LogP contribution in [0.5, 0.6) is 5.75 Å². The molecule has 3 rings (SSSR count). The second-order valence-corrected chi connectivity index (χ2v) is 15.4. The molecule has 2 aromatic rings. The molecule has 3 atom stereocenters. The van der Waals surface area contributed by atoms with Crippen LogP contribution in [-0.2, 0) is 41.6 Å². The number of hydrogen-bond donors (Lipinski definition) is 4. The van der Waals surface area contributed by atoms with E-state index in [1.54, 1.807) is 31.9 Å². The van der Waals surface area contributed by atoms with Crippen molar-refractivity contribution in [3.8, 4) is 5.75 Å². The van der Waals surface area contributed by atoms with Crippen molar-refractivity contribution >= 4 is 42.4 Å². The monoisotopic (exact) mass is 756 g/mol. The number of ether oxygens (including phenoxy) is 3. The van der Waals surface area contributed by atoms with Gasteiger partial charge in [-0.25, -0.2) is 4.79 Å². The highest BCUT2D eigenvalue weighted by Gasteiger charge is 2.46. The van der Waals surface area contributed by atoms with Gasteiger partial charge in [-0.15, -0.1) is 0 Å². The second-order valence-electron chi connectivity index (χ2n) is 15.4. The predicted molar refractivity (Wildman–Crippen MR) is 209 cm³/mol.